The van der Waals surface area contributed by atoms with E-state index in [1.54, 1.807) is 0 Å². The molecule has 2 N–H and O–H groups in total. The molecule has 5 nitrogen and oxygen atoms in total. The number of nitrogens with one attached hydrogen (secondary N) is 2. The Kier molecular flexibility index (Phi) is 3.71. The summed E-state index contributed by atoms with van der Waals surface area (Å²) in [4.78, 5) is 11.4. The van der Waals surface area contributed by atoms with Crippen LogP contribution in [-0.4, -0.2) is 15.9 Å². The summed E-state index contributed by atoms with van der Waals surface area (Å²) in [7, 11) is 0. The van der Waals surface area contributed by atoms with E-state index in [0.29, 0.717) is 11.1 Å². The smallest absolute Gasteiger partial charge is 0.275 e. The zero-order valence-corrected chi connectivity index (χ0v) is 14.2. The lowest BCUT2D eigenvalue weighted by Crippen LogP contribution is -2.46. The van der Waals surface area contributed by atoms with E-state index >= 15 is 0 Å². The molecule has 5 rings (SSSR count). The van der Waals surface area contributed by atoms with Crippen molar-refractivity contribution in [1.82, 2.24) is 10.2 Å². The predicted octanol–water partition coefficient (Wildman–Crippen LogP) is 3.82. The van der Waals surface area contributed by atoms with Gasteiger partial charge in [0.2, 0.25) is 0 Å². The van der Waals surface area contributed by atoms with Crippen molar-refractivity contribution >= 4 is 23.0 Å². The molecule has 4 aliphatic rings. The van der Waals surface area contributed by atoms with Gasteiger partial charge in [-0.2, -0.15) is 10.2 Å². The molecule has 0 spiro atoms. The third kappa shape index (κ3) is 2.91. The predicted molar refractivity (Wildman–Crippen MR) is 91.8 cm³/mol. The Morgan fingerprint density at radius 3 is 2.57 bits per heavy atom. The van der Waals surface area contributed by atoms with Crippen molar-refractivity contribution in [3.8, 4) is 0 Å². The van der Waals surface area contributed by atoms with Crippen LogP contribution < -0.4 is 11.0 Å². The number of hydrazone groups is 1. The first-order valence-corrected chi connectivity index (χ1v) is 8.93. The SMILES string of the molecule is CC(CC12CC3CC(CC(C3)C1)C2)=NNc1cn[nH]c(=O)c1Cl. The zero-order valence-electron chi connectivity index (χ0n) is 13.4. The van der Waals surface area contributed by atoms with Crippen LogP contribution >= 0.6 is 11.6 Å². The van der Waals surface area contributed by atoms with E-state index in [1.807, 2.05) is 0 Å². The Balaban J connectivity index is 1.46. The van der Waals surface area contributed by atoms with Crippen molar-refractivity contribution in [2.24, 2.45) is 28.3 Å². The van der Waals surface area contributed by atoms with Crippen LogP contribution in [0, 0.1) is 23.2 Å². The molecule has 6 heteroatoms. The summed E-state index contributed by atoms with van der Waals surface area (Å²) in [5.41, 5.74) is 4.53. The van der Waals surface area contributed by atoms with Gasteiger partial charge in [-0.25, -0.2) is 5.10 Å². The molecule has 0 saturated heterocycles. The second-order valence-electron chi connectivity index (χ2n) is 7.98. The lowest BCUT2D eigenvalue weighted by molar-refractivity contribution is -0.0482. The Morgan fingerprint density at radius 1 is 1.35 bits per heavy atom. The van der Waals surface area contributed by atoms with Gasteiger partial charge in [-0.15, -0.1) is 0 Å². The highest BCUT2D eigenvalue weighted by atomic mass is 35.5. The molecule has 4 saturated carbocycles. The minimum Gasteiger partial charge on any atom is -0.275 e. The Bertz CT molecular complexity index is 661. The summed E-state index contributed by atoms with van der Waals surface area (Å²) in [5.74, 6) is 2.86. The number of nitrogens with zero attached hydrogens (tertiary/aromatic N) is 2. The lowest BCUT2D eigenvalue weighted by Gasteiger charge is -2.57. The zero-order chi connectivity index (χ0) is 16.0. The molecular weight excluding hydrogens is 312 g/mol. The van der Waals surface area contributed by atoms with Gasteiger partial charge in [0.15, 0.2) is 0 Å². The fourth-order valence-electron chi connectivity index (χ4n) is 5.71. The van der Waals surface area contributed by atoms with Gasteiger partial charge in [0.05, 0.1) is 6.20 Å². The van der Waals surface area contributed by atoms with E-state index < -0.39 is 5.56 Å². The first kappa shape index (κ1) is 15.2. The molecule has 1 heterocycles. The van der Waals surface area contributed by atoms with Crippen LogP contribution in [0.5, 0.6) is 0 Å². The second-order valence-corrected chi connectivity index (χ2v) is 8.36. The molecule has 1 aromatic heterocycles. The van der Waals surface area contributed by atoms with Crippen molar-refractivity contribution in [2.75, 3.05) is 5.43 Å². The third-order valence-corrected chi connectivity index (χ3v) is 6.33. The summed E-state index contributed by atoms with van der Waals surface area (Å²) in [6.07, 6.45) is 11.0. The topological polar surface area (TPSA) is 70.1 Å². The quantitative estimate of drug-likeness (QED) is 0.649. The molecule has 0 aliphatic heterocycles. The van der Waals surface area contributed by atoms with Gasteiger partial charge in [0.25, 0.3) is 5.56 Å². The molecule has 23 heavy (non-hydrogen) atoms. The maximum Gasteiger partial charge on any atom is 0.285 e. The van der Waals surface area contributed by atoms with Gasteiger partial charge in [0, 0.05) is 5.71 Å². The summed E-state index contributed by atoms with van der Waals surface area (Å²) in [5, 5.41) is 10.6. The van der Waals surface area contributed by atoms with Crippen LogP contribution in [0.1, 0.15) is 51.9 Å². The normalized spacial score (nSPS) is 35.6. The summed E-state index contributed by atoms with van der Waals surface area (Å²) in [6.45, 7) is 2.07. The minimum absolute atomic E-state index is 0.103. The van der Waals surface area contributed by atoms with E-state index in [4.69, 9.17) is 11.6 Å². The van der Waals surface area contributed by atoms with Crippen LogP contribution in [0.3, 0.4) is 0 Å². The van der Waals surface area contributed by atoms with Crippen molar-refractivity contribution in [2.45, 2.75) is 51.9 Å². The third-order valence-electron chi connectivity index (χ3n) is 5.96. The Morgan fingerprint density at radius 2 is 1.96 bits per heavy atom. The summed E-state index contributed by atoms with van der Waals surface area (Å²) >= 11 is 5.96. The highest BCUT2D eigenvalue weighted by Crippen LogP contribution is 2.61. The van der Waals surface area contributed by atoms with Gasteiger partial charge in [-0.05, 0) is 75.0 Å². The van der Waals surface area contributed by atoms with E-state index in [1.165, 1.54) is 44.7 Å². The van der Waals surface area contributed by atoms with Crippen molar-refractivity contribution in [1.29, 1.82) is 0 Å². The molecule has 4 aliphatic carbocycles. The van der Waals surface area contributed by atoms with Crippen LogP contribution in [0.15, 0.2) is 16.1 Å². The number of H-pyrrole nitrogens is 1. The minimum atomic E-state index is -0.398. The molecule has 124 valence electrons. The first-order valence-electron chi connectivity index (χ1n) is 8.55. The van der Waals surface area contributed by atoms with Crippen LogP contribution in [-0.2, 0) is 0 Å². The monoisotopic (exact) mass is 334 g/mol. The number of anilines is 1. The van der Waals surface area contributed by atoms with E-state index in [2.05, 4.69) is 27.6 Å². The highest BCUT2D eigenvalue weighted by molar-refractivity contribution is 6.32. The number of aromatic amines is 1. The number of hydrogen-bond acceptors (Lipinski definition) is 4. The molecule has 1 aromatic rings. The number of halogens is 1. The fraction of sp³-hybridized carbons (Fsp3) is 0.706. The Hall–Kier alpha value is -1.36. The molecule has 0 atom stereocenters. The highest BCUT2D eigenvalue weighted by Gasteiger charge is 2.50. The first-order chi connectivity index (χ1) is 11.0. The molecule has 0 amide bonds. The molecule has 0 radical (unpaired) electrons. The Labute approximate surface area is 140 Å². The molecular formula is C17H23ClN4O. The van der Waals surface area contributed by atoms with E-state index in [0.717, 1.165) is 29.9 Å². The van der Waals surface area contributed by atoms with E-state index in [9.17, 15) is 4.79 Å². The lowest BCUT2D eigenvalue weighted by atomic mass is 9.48. The van der Waals surface area contributed by atoms with Crippen molar-refractivity contribution in [3.63, 3.8) is 0 Å². The summed E-state index contributed by atoms with van der Waals surface area (Å²) in [6, 6.07) is 0. The van der Waals surface area contributed by atoms with Gasteiger partial charge >= 0.3 is 0 Å². The van der Waals surface area contributed by atoms with E-state index in [-0.39, 0.29) is 5.02 Å². The van der Waals surface area contributed by atoms with Gasteiger partial charge < -0.3 is 0 Å². The summed E-state index contributed by atoms with van der Waals surface area (Å²) < 4.78 is 0. The standard InChI is InChI=1S/C17H23ClN4O/c1-10(20-21-14-9-19-22-16(23)15(14)18)5-17-6-11-2-12(7-17)4-13(3-11)8-17/h9,11-13H,2-8H2,1H3,(H2,21,22,23). The average molecular weight is 335 g/mol. The maximum absolute atomic E-state index is 11.4. The molecule has 4 fully saturated rings. The van der Waals surface area contributed by atoms with Crippen LogP contribution in [0.2, 0.25) is 5.02 Å². The fourth-order valence-corrected chi connectivity index (χ4v) is 5.84. The molecule has 4 bridgehead atoms. The van der Waals surface area contributed by atoms with Crippen molar-refractivity contribution < 1.29 is 0 Å². The van der Waals surface area contributed by atoms with Crippen molar-refractivity contribution in [3.05, 3.63) is 21.6 Å². The van der Waals surface area contributed by atoms with Gasteiger partial charge in [0.1, 0.15) is 10.7 Å². The molecule has 0 unspecified atom stereocenters. The average Bonchev–Trinajstić information content (AvgIpc) is 2.47. The number of aromatic nitrogens is 2. The second kappa shape index (κ2) is 5.62. The molecule has 0 aromatic carbocycles. The number of rotatable bonds is 4. The van der Waals surface area contributed by atoms with Gasteiger partial charge in [-0.3, -0.25) is 10.2 Å². The van der Waals surface area contributed by atoms with Crippen LogP contribution in [0.4, 0.5) is 5.69 Å². The van der Waals surface area contributed by atoms with Crippen LogP contribution in [0.25, 0.3) is 0 Å². The largest absolute Gasteiger partial charge is 0.285 e. The number of hydrogen-bond donors (Lipinski definition) is 2. The maximum atomic E-state index is 11.4. The van der Waals surface area contributed by atoms with Gasteiger partial charge in [-0.1, -0.05) is 11.6 Å².